The minimum atomic E-state index is 0. The largest absolute Gasteiger partial charge is 0.487 e. The Morgan fingerprint density at radius 2 is 1.89 bits per heavy atom. The van der Waals surface area contributed by atoms with E-state index in [1.165, 1.54) is 0 Å². The lowest BCUT2D eigenvalue weighted by Gasteiger charge is -2.08. The Morgan fingerprint density at radius 1 is 1.17 bits per heavy atom. The van der Waals surface area contributed by atoms with Gasteiger partial charge in [-0.15, -0.1) is 12.4 Å². The number of pyridine rings is 1. The van der Waals surface area contributed by atoms with Crippen molar-refractivity contribution in [1.82, 2.24) is 4.98 Å². The average molecular weight is 265 g/mol. The van der Waals surface area contributed by atoms with Gasteiger partial charge in [-0.25, -0.2) is 0 Å². The Kier molecular flexibility index (Phi) is 5.62. The van der Waals surface area contributed by atoms with Gasteiger partial charge < -0.3 is 10.5 Å². The first kappa shape index (κ1) is 14.5. The monoisotopic (exact) mass is 264 g/mol. The number of ether oxygens (including phenoxy) is 1. The lowest BCUT2D eigenvalue weighted by molar-refractivity contribution is 0.301. The van der Waals surface area contributed by atoms with Crippen LogP contribution in [0.2, 0.25) is 0 Å². The smallest absolute Gasteiger partial charge is 0.130 e. The molecule has 1 unspecified atom stereocenters. The summed E-state index contributed by atoms with van der Waals surface area (Å²) in [5.41, 5.74) is 7.80. The molecule has 0 saturated heterocycles. The zero-order valence-corrected chi connectivity index (χ0v) is 11.1. The van der Waals surface area contributed by atoms with Crippen molar-refractivity contribution in [2.45, 2.75) is 19.6 Å². The molecule has 0 amide bonds. The van der Waals surface area contributed by atoms with Crippen molar-refractivity contribution in [2.75, 3.05) is 0 Å². The Labute approximate surface area is 113 Å². The fourth-order valence-corrected chi connectivity index (χ4v) is 1.51. The number of nitrogens with two attached hydrogens (primary N) is 1. The number of hydrogen-bond acceptors (Lipinski definition) is 3. The van der Waals surface area contributed by atoms with Crippen molar-refractivity contribution < 1.29 is 4.74 Å². The number of nitrogens with zero attached hydrogens (tertiary/aromatic N) is 1. The topological polar surface area (TPSA) is 48.1 Å². The number of benzene rings is 1. The minimum absolute atomic E-state index is 0. The van der Waals surface area contributed by atoms with E-state index in [1.54, 1.807) is 6.20 Å². The Morgan fingerprint density at radius 3 is 2.44 bits per heavy atom. The summed E-state index contributed by atoms with van der Waals surface area (Å²) in [4.78, 5) is 4.19. The first-order chi connectivity index (χ1) is 8.25. The van der Waals surface area contributed by atoms with Gasteiger partial charge in [0.2, 0.25) is 0 Å². The lowest BCUT2D eigenvalue weighted by Crippen LogP contribution is -2.04. The zero-order valence-electron chi connectivity index (χ0n) is 10.2. The second kappa shape index (κ2) is 6.99. The van der Waals surface area contributed by atoms with Crippen LogP contribution in [-0.4, -0.2) is 4.98 Å². The molecule has 1 heterocycles. The van der Waals surface area contributed by atoms with Gasteiger partial charge in [0.1, 0.15) is 12.4 Å². The summed E-state index contributed by atoms with van der Waals surface area (Å²) in [7, 11) is 0. The maximum Gasteiger partial charge on any atom is 0.130 e. The molecule has 0 spiro atoms. The summed E-state index contributed by atoms with van der Waals surface area (Å²) in [5.74, 6) is 0.833. The van der Waals surface area contributed by atoms with Crippen LogP contribution < -0.4 is 10.5 Å². The minimum Gasteiger partial charge on any atom is -0.487 e. The van der Waals surface area contributed by atoms with E-state index < -0.39 is 0 Å². The molecule has 2 aromatic rings. The lowest BCUT2D eigenvalue weighted by atomic mass is 10.1. The van der Waals surface area contributed by atoms with Crippen LogP contribution in [0, 0.1) is 0 Å². The fourth-order valence-electron chi connectivity index (χ4n) is 1.51. The number of halogens is 1. The van der Waals surface area contributed by atoms with Crippen LogP contribution in [0.15, 0.2) is 48.7 Å². The van der Waals surface area contributed by atoms with Crippen LogP contribution in [0.3, 0.4) is 0 Å². The fraction of sp³-hybridized carbons (Fsp3) is 0.214. The summed E-state index contributed by atoms with van der Waals surface area (Å²) < 4.78 is 5.62. The maximum atomic E-state index is 5.78. The molecule has 0 bridgehead atoms. The number of hydrogen-bond donors (Lipinski definition) is 1. The van der Waals surface area contributed by atoms with Gasteiger partial charge in [0.25, 0.3) is 0 Å². The molecule has 0 aliphatic carbocycles. The highest BCUT2D eigenvalue weighted by Gasteiger charge is 2.00. The second-order valence-electron chi connectivity index (χ2n) is 3.97. The van der Waals surface area contributed by atoms with E-state index in [-0.39, 0.29) is 18.4 Å². The Hall–Kier alpha value is -1.58. The summed E-state index contributed by atoms with van der Waals surface area (Å²) in [6, 6.07) is 13.7. The van der Waals surface area contributed by atoms with Crippen LogP contribution in [0.1, 0.15) is 24.2 Å². The van der Waals surface area contributed by atoms with Crippen molar-refractivity contribution in [3.05, 3.63) is 59.9 Å². The van der Waals surface area contributed by atoms with E-state index in [1.807, 2.05) is 49.4 Å². The molecule has 1 aromatic carbocycles. The van der Waals surface area contributed by atoms with E-state index >= 15 is 0 Å². The quantitative estimate of drug-likeness (QED) is 0.923. The van der Waals surface area contributed by atoms with Crippen LogP contribution in [0.25, 0.3) is 0 Å². The average Bonchev–Trinajstić information content (AvgIpc) is 2.38. The van der Waals surface area contributed by atoms with Gasteiger partial charge in [0.05, 0.1) is 5.69 Å². The van der Waals surface area contributed by atoms with Crippen LogP contribution >= 0.6 is 12.4 Å². The van der Waals surface area contributed by atoms with E-state index in [4.69, 9.17) is 10.5 Å². The van der Waals surface area contributed by atoms with E-state index in [9.17, 15) is 0 Å². The van der Waals surface area contributed by atoms with Gasteiger partial charge in [0, 0.05) is 12.2 Å². The van der Waals surface area contributed by atoms with E-state index in [0.29, 0.717) is 6.61 Å². The van der Waals surface area contributed by atoms with Crippen molar-refractivity contribution in [3.63, 3.8) is 0 Å². The molecule has 0 aliphatic rings. The molecule has 0 radical (unpaired) electrons. The van der Waals surface area contributed by atoms with Gasteiger partial charge in [0.15, 0.2) is 0 Å². The summed E-state index contributed by atoms with van der Waals surface area (Å²) in [6.07, 6.45) is 1.76. The third-order valence-electron chi connectivity index (χ3n) is 2.52. The van der Waals surface area contributed by atoms with Gasteiger partial charge in [-0.1, -0.05) is 18.2 Å². The van der Waals surface area contributed by atoms with Crippen LogP contribution in [0.5, 0.6) is 5.75 Å². The molecule has 1 aromatic heterocycles. The first-order valence-corrected chi connectivity index (χ1v) is 5.64. The molecule has 0 aliphatic heterocycles. The molecule has 2 N–H and O–H groups in total. The molecule has 3 nitrogen and oxygen atoms in total. The van der Waals surface area contributed by atoms with Crippen LogP contribution in [0.4, 0.5) is 0 Å². The second-order valence-corrected chi connectivity index (χ2v) is 3.97. The molecule has 18 heavy (non-hydrogen) atoms. The molecule has 2 rings (SSSR count). The summed E-state index contributed by atoms with van der Waals surface area (Å²) in [6.45, 7) is 2.45. The van der Waals surface area contributed by atoms with Gasteiger partial charge in [-0.05, 0) is 36.8 Å². The van der Waals surface area contributed by atoms with Crippen molar-refractivity contribution in [3.8, 4) is 5.75 Å². The highest BCUT2D eigenvalue weighted by atomic mass is 35.5. The standard InChI is InChI=1S/C14H16N2O.ClH/c1-11(15)12-5-7-14(8-6-12)17-10-13-4-2-3-9-16-13;/h2-9,11H,10,15H2,1H3;1H. The zero-order chi connectivity index (χ0) is 12.1. The number of rotatable bonds is 4. The SMILES string of the molecule is CC(N)c1ccc(OCc2ccccn2)cc1.Cl. The Balaban J connectivity index is 0.00000162. The third kappa shape index (κ3) is 4.02. The summed E-state index contributed by atoms with van der Waals surface area (Å²) in [5, 5.41) is 0. The molecule has 96 valence electrons. The molecule has 0 fully saturated rings. The van der Waals surface area contributed by atoms with Crippen molar-refractivity contribution >= 4 is 12.4 Å². The maximum absolute atomic E-state index is 5.78. The van der Waals surface area contributed by atoms with Gasteiger partial charge in [-0.2, -0.15) is 0 Å². The predicted octanol–water partition coefficient (Wildman–Crippen LogP) is 3.10. The molecule has 1 atom stereocenters. The molecule has 0 saturated carbocycles. The molecular formula is C14H17ClN2O. The van der Waals surface area contributed by atoms with E-state index in [0.717, 1.165) is 17.0 Å². The highest BCUT2D eigenvalue weighted by molar-refractivity contribution is 5.85. The molecule has 4 heteroatoms. The summed E-state index contributed by atoms with van der Waals surface area (Å²) >= 11 is 0. The predicted molar refractivity (Wildman–Crippen MR) is 74.9 cm³/mol. The first-order valence-electron chi connectivity index (χ1n) is 5.64. The number of aromatic nitrogens is 1. The van der Waals surface area contributed by atoms with Crippen molar-refractivity contribution in [2.24, 2.45) is 5.73 Å². The Bertz CT molecular complexity index is 457. The third-order valence-corrected chi connectivity index (χ3v) is 2.52. The molecular weight excluding hydrogens is 248 g/mol. The van der Waals surface area contributed by atoms with E-state index in [2.05, 4.69) is 4.98 Å². The highest BCUT2D eigenvalue weighted by Crippen LogP contribution is 2.16. The van der Waals surface area contributed by atoms with Gasteiger partial charge in [-0.3, -0.25) is 4.98 Å². The normalized spacial score (nSPS) is 11.4. The van der Waals surface area contributed by atoms with Crippen LogP contribution in [-0.2, 0) is 6.61 Å². The van der Waals surface area contributed by atoms with Crippen molar-refractivity contribution in [1.29, 1.82) is 0 Å². The van der Waals surface area contributed by atoms with Gasteiger partial charge >= 0.3 is 0 Å².